The second-order valence-electron chi connectivity index (χ2n) is 5.89. The van der Waals surface area contributed by atoms with E-state index in [0.29, 0.717) is 17.2 Å². The van der Waals surface area contributed by atoms with Crippen LogP contribution in [0.3, 0.4) is 0 Å². The SMILES string of the molecule is CC(C)C1(Cn2cncc2-c2ccnc(N)c2)CC1. The Hall–Kier alpha value is -1.84. The van der Waals surface area contributed by atoms with Crippen molar-refractivity contribution in [1.29, 1.82) is 0 Å². The molecule has 100 valence electrons. The summed E-state index contributed by atoms with van der Waals surface area (Å²) in [7, 11) is 0. The number of pyridine rings is 1. The molecule has 2 aromatic rings. The molecular weight excluding hydrogens is 236 g/mol. The first-order chi connectivity index (χ1) is 9.11. The molecule has 2 aromatic heterocycles. The Morgan fingerprint density at radius 2 is 2.21 bits per heavy atom. The monoisotopic (exact) mass is 256 g/mol. The average Bonchev–Trinajstić information content (AvgIpc) is 3.01. The second-order valence-corrected chi connectivity index (χ2v) is 5.89. The van der Waals surface area contributed by atoms with Crippen molar-refractivity contribution in [2.75, 3.05) is 5.73 Å². The van der Waals surface area contributed by atoms with Gasteiger partial charge in [-0.15, -0.1) is 0 Å². The summed E-state index contributed by atoms with van der Waals surface area (Å²) in [6.07, 6.45) is 8.22. The van der Waals surface area contributed by atoms with Crippen LogP contribution in [-0.2, 0) is 6.54 Å². The fourth-order valence-electron chi connectivity index (χ4n) is 2.71. The number of hydrogen-bond donors (Lipinski definition) is 1. The van der Waals surface area contributed by atoms with Gasteiger partial charge in [-0.05, 0) is 36.3 Å². The maximum Gasteiger partial charge on any atom is 0.123 e. The topological polar surface area (TPSA) is 56.7 Å². The molecule has 0 atom stereocenters. The van der Waals surface area contributed by atoms with Crippen LogP contribution in [0.1, 0.15) is 26.7 Å². The van der Waals surface area contributed by atoms with Crippen molar-refractivity contribution in [3.63, 3.8) is 0 Å². The molecule has 0 bridgehead atoms. The first-order valence-electron chi connectivity index (χ1n) is 6.83. The van der Waals surface area contributed by atoms with E-state index in [1.54, 1.807) is 6.20 Å². The molecule has 1 aliphatic rings. The number of aromatic nitrogens is 3. The molecule has 3 rings (SSSR count). The number of anilines is 1. The van der Waals surface area contributed by atoms with E-state index in [2.05, 4.69) is 28.4 Å². The maximum atomic E-state index is 5.76. The molecule has 1 fully saturated rings. The van der Waals surface area contributed by atoms with Gasteiger partial charge in [0.2, 0.25) is 0 Å². The first-order valence-corrected chi connectivity index (χ1v) is 6.83. The van der Waals surface area contributed by atoms with Crippen molar-refractivity contribution in [2.45, 2.75) is 33.2 Å². The van der Waals surface area contributed by atoms with Crippen LogP contribution >= 0.6 is 0 Å². The highest BCUT2D eigenvalue weighted by molar-refractivity contribution is 5.61. The van der Waals surface area contributed by atoms with Gasteiger partial charge in [-0.1, -0.05) is 13.8 Å². The minimum absolute atomic E-state index is 0.466. The summed E-state index contributed by atoms with van der Waals surface area (Å²) in [6, 6.07) is 3.89. The molecule has 0 aromatic carbocycles. The maximum absolute atomic E-state index is 5.76. The van der Waals surface area contributed by atoms with Crippen LogP contribution < -0.4 is 5.73 Å². The number of nitrogen functional groups attached to an aromatic ring is 1. The lowest BCUT2D eigenvalue weighted by atomic mass is 9.92. The highest BCUT2D eigenvalue weighted by Gasteiger charge is 2.45. The Morgan fingerprint density at radius 3 is 2.84 bits per heavy atom. The predicted octanol–water partition coefficient (Wildman–Crippen LogP) is 2.96. The number of hydrogen-bond acceptors (Lipinski definition) is 3. The molecule has 19 heavy (non-hydrogen) atoms. The summed E-state index contributed by atoms with van der Waals surface area (Å²) in [5.74, 6) is 1.26. The van der Waals surface area contributed by atoms with Gasteiger partial charge in [0.25, 0.3) is 0 Å². The Morgan fingerprint density at radius 1 is 1.42 bits per heavy atom. The van der Waals surface area contributed by atoms with E-state index in [4.69, 9.17) is 5.73 Å². The van der Waals surface area contributed by atoms with Crippen LogP contribution in [0.4, 0.5) is 5.82 Å². The molecule has 0 radical (unpaired) electrons. The smallest absolute Gasteiger partial charge is 0.123 e. The Labute approximate surface area is 113 Å². The third-order valence-electron chi connectivity index (χ3n) is 4.39. The average molecular weight is 256 g/mol. The van der Waals surface area contributed by atoms with Gasteiger partial charge in [0.1, 0.15) is 5.82 Å². The predicted molar refractivity (Wildman–Crippen MR) is 76.4 cm³/mol. The molecule has 0 amide bonds. The van der Waals surface area contributed by atoms with Crippen LogP contribution in [0.5, 0.6) is 0 Å². The largest absolute Gasteiger partial charge is 0.384 e. The normalized spacial score (nSPS) is 16.8. The van der Waals surface area contributed by atoms with Gasteiger partial charge < -0.3 is 10.3 Å². The zero-order chi connectivity index (χ0) is 13.5. The van der Waals surface area contributed by atoms with Crippen molar-refractivity contribution in [2.24, 2.45) is 11.3 Å². The summed E-state index contributed by atoms with van der Waals surface area (Å²) in [5.41, 5.74) is 8.44. The van der Waals surface area contributed by atoms with Gasteiger partial charge in [-0.3, -0.25) is 0 Å². The molecule has 4 nitrogen and oxygen atoms in total. The first kappa shape index (κ1) is 12.2. The van der Waals surface area contributed by atoms with E-state index in [1.807, 2.05) is 24.7 Å². The van der Waals surface area contributed by atoms with Gasteiger partial charge in [0, 0.05) is 18.3 Å². The highest BCUT2D eigenvalue weighted by Crippen LogP contribution is 2.53. The van der Waals surface area contributed by atoms with E-state index >= 15 is 0 Å². The fraction of sp³-hybridized carbons (Fsp3) is 0.467. The lowest BCUT2D eigenvalue weighted by molar-refractivity contribution is 0.310. The Bertz CT molecular complexity index is 581. The van der Waals surface area contributed by atoms with Crippen LogP contribution in [0.2, 0.25) is 0 Å². The van der Waals surface area contributed by atoms with Crippen LogP contribution in [0, 0.1) is 11.3 Å². The summed E-state index contributed by atoms with van der Waals surface area (Å²) in [5, 5.41) is 0. The number of rotatable bonds is 4. The fourth-order valence-corrected chi connectivity index (χ4v) is 2.71. The number of imidazole rings is 1. The third-order valence-corrected chi connectivity index (χ3v) is 4.39. The van der Waals surface area contributed by atoms with Crippen molar-refractivity contribution in [1.82, 2.24) is 14.5 Å². The van der Waals surface area contributed by atoms with E-state index in [0.717, 1.165) is 17.8 Å². The summed E-state index contributed by atoms with van der Waals surface area (Å²) < 4.78 is 2.25. The van der Waals surface area contributed by atoms with Crippen molar-refractivity contribution in [3.05, 3.63) is 30.9 Å². The van der Waals surface area contributed by atoms with Gasteiger partial charge in [-0.2, -0.15) is 0 Å². The molecule has 0 saturated heterocycles. The minimum atomic E-state index is 0.466. The Balaban J connectivity index is 1.91. The van der Waals surface area contributed by atoms with Crippen molar-refractivity contribution in [3.8, 4) is 11.3 Å². The molecule has 2 N–H and O–H groups in total. The molecule has 0 aliphatic heterocycles. The zero-order valence-corrected chi connectivity index (χ0v) is 11.5. The van der Waals surface area contributed by atoms with E-state index in [9.17, 15) is 0 Å². The minimum Gasteiger partial charge on any atom is -0.384 e. The van der Waals surface area contributed by atoms with E-state index in [-0.39, 0.29) is 0 Å². The molecule has 0 unspecified atom stereocenters. The standard InChI is InChI=1S/C15H20N4/c1-11(2)15(4-5-15)9-19-10-17-8-13(19)12-3-6-18-14(16)7-12/h3,6-8,10-11H,4-5,9H2,1-2H3,(H2,16,18). The number of nitrogens with two attached hydrogens (primary N) is 1. The molecular formula is C15H20N4. The molecule has 4 heteroatoms. The summed E-state index contributed by atoms with van der Waals surface area (Å²) in [6.45, 7) is 5.67. The molecule has 1 aliphatic carbocycles. The van der Waals surface area contributed by atoms with Gasteiger partial charge in [0.15, 0.2) is 0 Å². The second kappa shape index (κ2) is 4.37. The van der Waals surface area contributed by atoms with Gasteiger partial charge >= 0.3 is 0 Å². The van der Waals surface area contributed by atoms with E-state index in [1.165, 1.54) is 12.8 Å². The lowest BCUT2D eigenvalue weighted by Gasteiger charge is -2.21. The molecule has 1 saturated carbocycles. The highest BCUT2D eigenvalue weighted by atomic mass is 15.1. The van der Waals surface area contributed by atoms with Crippen molar-refractivity contribution >= 4 is 5.82 Å². The van der Waals surface area contributed by atoms with Crippen molar-refractivity contribution < 1.29 is 0 Å². The lowest BCUT2D eigenvalue weighted by Crippen LogP contribution is -2.17. The molecule has 2 heterocycles. The third kappa shape index (κ3) is 2.23. The quantitative estimate of drug-likeness (QED) is 0.915. The van der Waals surface area contributed by atoms with Crippen LogP contribution in [0.15, 0.2) is 30.9 Å². The summed E-state index contributed by atoms with van der Waals surface area (Å²) in [4.78, 5) is 8.34. The zero-order valence-electron chi connectivity index (χ0n) is 11.5. The van der Waals surface area contributed by atoms with E-state index < -0.39 is 0 Å². The Kier molecular flexibility index (Phi) is 2.81. The molecule has 0 spiro atoms. The van der Waals surface area contributed by atoms with Gasteiger partial charge in [0.05, 0.1) is 18.2 Å². The van der Waals surface area contributed by atoms with Gasteiger partial charge in [-0.25, -0.2) is 9.97 Å². The van der Waals surface area contributed by atoms with Crippen LogP contribution in [0.25, 0.3) is 11.3 Å². The summed E-state index contributed by atoms with van der Waals surface area (Å²) >= 11 is 0. The van der Waals surface area contributed by atoms with Crippen LogP contribution in [-0.4, -0.2) is 14.5 Å². The number of nitrogens with zero attached hydrogens (tertiary/aromatic N) is 3.